The third-order valence-electron chi connectivity index (χ3n) is 6.55. The lowest BCUT2D eigenvalue weighted by molar-refractivity contribution is -0.193. The van der Waals surface area contributed by atoms with E-state index in [1.54, 1.807) is 0 Å². The van der Waals surface area contributed by atoms with E-state index < -0.39 is 11.6 Å². The predicted molar refractivity (Wildman–Crippen MR) is 108 cm³/mol. The fraction of sp³-hybridized carbons (Fsp3) is 0.636. The molecule has 3 heterocycles. The molecule has 1 N–H and O–H groups in total. The molecule has 0 saturated carbocycles. The van der Waals surface area contributed by atoms with E-state index in [0.29, 0.717) is 18.0 Å². The van der Waals surface area contributed by atoms with Gasteiger partial charge in [-0.3, -0.25) is 9.59 Å². The molecule has 3 aliphatic heterocycles. The lowest BCUT2D eigenvalue weighted by Gasteiger charge is -2.54. The fourth-order valence-corrected chi connectivity index (χ4v) is 5.28. The fourth-order valence-electron chi connectivity index (χ4n) is 5.10. The van der Waals surface area contributed by atoms with E-state index in [1.165, 1.54) is 0 Å². The minimum absolute atomic E-state index is 0.00550. The second kappa shape index (κ2) is 7.80. The summed E-state index contributed by atoms with van der Waals surface area (Å²) in [5, 5.41) is 9.50. The molecule has 7 heteroatoms. The Hall–Kier alpha value is -1.79. The zero-order valence-corrected chi connectivity index (χ0v) is 17.7. The maximum Gasteiger partial charge on any atom is 0.303 e. The van der Waals surface area contributed by atoms with E-state index in [9.17, 15) is 9.59 Å². The SMILES string of the molecule is CC1(C)Oc2ccc(Cl)cc2[C@H]2O[C@H]3CCCN(C(=O)CCCC(=O)O)[C@H]3C[C@@H]21. The molecule has 6 nitrogen and oxygen atoms in total. The maximum absolute atomic E-state index is 12.8. The van der Waals surface area contributed by atoms with Crippen LogP contribution in [0, 0.1) is 5.92 Å². The third kappa shape index (κ3) is 3.97. The van der Waals surface area contributed by atoms with E-state index in [1.807, 2.05) is 23.1 Å². The number of carboxylic acid groups (broad SMARTS) is 1. The topological polar surface area (TPSA) is 76.1 Å². The molecule has 0 aromatic heterocycles. The number of rotatable bonds is 4. The first-order valence-electron chi connectivity index (χ1n) is 10.4. The molecule has 2 saturated heterocycles. The summed E-state index contributed by atoms with van der Waals surface area (Å²) in [5.41, 5.74) is 0.566. The van der Waals surface area contributed by atoms with Crippen molar-refractivity contribution in [3.05, 3.63) is 28.8 Å². The van der Waals surface area contributed by atoms with Gasteiger partial charge in [-0.1, -0.05) is 11.6 Å². The molecule has 0 bridgehead atoms. The van der Waals surface area contributed by atoms with Crippen molar-refractivity contribution in [2.45, 2.75) is 76.2 Å². The van der Waals surface area contributed by atoms with E-state index >= 15 is 0 Å². The Bertz CT molecular complexity index is 810. The Morgan fingerprint density at radius 3 is 2.86 bits per heavy atom. The minimum atomic E-state index is -0.864. The van der Waals surface area contributed by atoms with Crippen LogP contribution in [-0.4, -0.2) is 46.2 Å². The molecule has 0 unspecified atom stereocenters. The number of likely N-dealkylation sites (tertiary alicyclic amines) is 1. The third-order valence-corrected chi connectivity index (χ3v) is 6.78. The highest BCUT2D eigenvalue weighted by molar-refractivity contribution is 6.30. The predicted octanol–water partition coefficient (Wildman–Crippen LogP) is 4.20. The van der Waals surface area contributed by atoms with Crippen LogP contribution in [0.1, 0.15) is 64.0 Å². The van der Waals surface area contributed by atoms with Crippen molar-refractivity contribution >= 4 is 23.5 Å². The second-order valence-corrected chi connectivity index (χ2v) is 9.31. The number of benzene rings is 1. The summed E-state index contributed by atoms with van der Waals surface area (Å²) in [6, 6.07) is 5.68. The van der Waals surface area contributed by atoms with Crippen LogP contribution >= 0.6 is 11.6 Å². The lowest BCUT2D eigenvalue weighted by Crippen LogP contribution is -2.60. The van der Waals surface area contributed by atoms with Crippen LogP contribution in [0.15, 0.2) is 18.2 Å². The molecule has 4 rings (SSSR count). The van der Waals surface area contributed by atoms with Crippen LogP contribution in [-0.2, 0) is 14.3 Å². The average Bonchev–Trinajstić information content (AvgIpc) is 2.66. The first-order valence-corrected chi connectivity index (χ1v) is 10.8. The molecule has 1 aromatic carbocycles. The van der Waals surface area contributed by atoms with Gasteiger partial charge in [-0.15, -0.1) is 0 Å². The zero-order valence-electron chi connectivity index (χ0n) is 16.9. The lowest BCUT2D eigenvalue weighted by atomic mass is 9.72. The molecule has 3 aliphatic rings. The summed E-state index contributed by atoms with van der Waals surface area (Å²) in [4.78, 5) is 25.5. The van der Waals surface area contributed by atoms with Crippen molar-refractivity contribution in [1.82, 2.24) is 4.90 Å². The van der Waals surface area contributed by atoms with Gasteiger partial charge in [-0.25, -0.2) is 0 Å². The summed E-state index contributed by atoms with van der Waals surface area (Å²) < 4.78 is 12.9. The Labute approximate surface area is 176 Å². The number of carbonyl (C=O) groups is 2. The van der Waals surface area contributed by atoms with Crippen molar-refractivity contribution in [3.8, 4) is 5.75 Å². The molecular formula is C22H28ClNO5. The maximum atomic E-state index is 12.8. The summed E-state index contributed by atoms with van der Waals surface area (Å²) in [7, 11) is 0. The van der Waals surface area contributed by atoms with Gasteiger partial charge < -0.3 is 19.5 Å². The van der Waals surface area contributed by atoms with Crippen LogP contribution in [0.5, 0.6) is 5.75 Å². The van der Waals surface area contributed by atoms with E-state index in [-0.39, 0.29) is 42.9 Å². The van der Waals surface area contributed by atoms with Crippen molar-refractivity contribution in [3.63, 3.8) is 0 Å². The smallest absolute Gasteiger partial charge is 0.303 e. The van der Waals surface area contributed by atoms with Gasteiger partial charge in [0.2, 0.25) is 5.91 Å². The van der Waals surface area contributed by atoms with Crippen molar-refractivity contribution < 1.29 is 24.2 Å². The highest BCUT2D eigenvalue weighted by Crippen LogP contribution is 2.52. The van der Waals surface area contributed by atoms with Gasteiger partial charge in [0.05, 0.1) is 18.2 Å². The normalized spacial score (nSPS) is 29.8. The van der Waals surface area contributed by atoms with Gasteiger partial charge in [0.25, 0.3) is 0 Å². The largest absolute Gasteiger partial charge is 0.487 e. The number of hydrogen-bond donors (Lipinski definition) is 1. The number of hydrogen-bond acceptors (Lipinski definition) is 4. The number of ether oxygens (including phenoxy) is 2. The molecule has 2 fully saturated rings. The average molecular weight is 422 g/mol. The molecular weight excluding hydrogens is 394 g/mol. The number of aliphatic carboxylic acids is 1. The number of piperidine rings is 1. The number of carboxylic acids is 1. The van der Waals surface area contributed by atoms with Gasteiger partial charge in [0.15, 0.2) is 0 Å². The number of nitrogens with zero attached hydrogens (tertiary/aromatic N) is 1. The molecule has 1 amide bonds. The number of amides is 1. The first-order chi connectivity index (χ1) is 13.8. The summed E-state index contributed by atoms with van der Waals surface area (Å²) in [6.45, 7) is 4.86. The Balaban J connectivity index is 1.56. The molecule has 0 spiro atoms. The standard InChI is InChI=1S/C22H28ClNO5/c1-22(2)15-12-16-18(5-4-10-24(16)19(25)6-3-7-20(26)27)28-21(15)14-11-13(23)8-9-17(14)29-22/h8-9,11,15-16,18,21H,3-7,10,12H2,1-2H3,(H,26,27)/t15-,16-,18-,21+/m0/s1. The second-order valence-electron chi connectivity index (χ2n) is 8.87. The summed E-state index contributed by atoms with van der Waals surface area (Å²) >= 11 is 6.25. The Kier molecular flexibility index (Phi) is 5.51. The summed E-state index contributed by atoms with van der Waals surface area (Å²) in [6.07, 6.45) is 3.16. The molecule has 0 radical (unpaired) electrons. The van der Waals surface area contributed by atoms with Gasteiger partial charge >= 0.3 is 5.97 Å². The van der Waals surface area contributed by atoms with Crippen molar-refractivity contribution in [2.75, 3.05) is 6.54 Å². The summed E-state index contributed by atoms with van der Waals surface area (Å²) in [5.74, 6) is 0.0798. The monoisotopic (exact) mass is 421 g/mol. The van der Waals surface area contributed by atoms with Gasteiger partial charge in [-0.05, 0) is 57.7 Å². The molecule has 158 valence electrons. The highest BCUT2D eigenvalue weighted by atomic mass is 35.5. The van der Waals surface area contributed by atoms with Crippen molar-refractivity contribution in [2.24, 2.45) is 5.92 Å². The van der Waals surface area contributed by atoms with Gasteiger partial charge in [0, 0.05) is 35.9 Å². The first kappa shape index (κ1) is 20.5. The van der Waals surface area contributed by atoms with E-state index in [0.717, 1.165) is 30.6 Å². The van der Waals surface area contributed by atoms with Crippen LogP contribution in [0.3, 0.4) is 0 Å². The van der Waals surface area contributed by atoms with Crippen LogP contribution < -0.4 is 4.74 Å². The van der Waals surface area contributed by atoms with E-state index in [4.69, 9.17) is 26.2 Å². The molecule has 0 aliphatic carbocycles. The van der Waals surface area contributed by atoms with Crippen molar-refractivity contribution in [1.29, 1.82) is 0 Å². The quantitative estimate of drug-likeness (QED) is 0.788. The van der Waals surface area contributed by atoms with Gasteiger partial charge in [0.1, 0.15) is 11.4 Å². The van der Waals surface area contributed by atoms with Crippen LogP contribution in [0.25, 0.3) is 0 Å². The molecule has 4 atom stereocenters. The zero-order chi connectivity index (χ0) is 20.8. The van der Waals surface area contributed by atoms with Crippen LogP contribution in [0.2, 0.25) is 5.02 Å². The minimum Gasteiger partial charge on any atom is -0.487 e. The Morgan fingerprint density at radius 1 is 1.31 bits per heavy atom. The number of halogens is 1. The molecule has 1 aromatic rings. The Morgan fingerprint density at radius 2 is 2.10 bits per heavy atom. The number of carbonyl (C=O) groups excluding carboxylic acids is 1. The molecule has 29 heavy (non-hydrogen) atoms. The van der Waals surface area contributed by atoms with Gasteiger partial charge in [-0.2, -0.15) is 0 Å². The number of fused-ring (bicyclic) bond motifs is 4. The van der Waals surface area contributed by atoms with E-state index in [2.05, 4.69) is 13.8 Å². The van der Waals surface area contributed by atoms with Crippen LogP contribution in [0.4, 0.5) is 0 Å². The highest BCUT2D eigenvalue weighted by Gasteiger charge is 2.52.